The van der Waals surface area contributed by atoms with Crippen molar-refractivity contribution in [3.05, 3.63) is 12.2 Å². The SMILES string of the molecule is C=C(C)CC(NCCC)C1COCCO1. The van der Waals surface area contributed by atoms with E-state index in [0.29, 0.717) is 19.3 Å². The van der Waals surface area contributed by atoms with E-state index in [-0.39, 0.29) is 6.10 Å². The van der Waals surface area contributed by atoms with Crippen LogP contribution >= 0.6 is 0 Å². The fraction of sp³-hybridized carbons (Fsp3) is 0.833. The lowest BCUT2D eigenvalue weighted by atomic mass is 10.0. The number of hydrogen-bond donors (Lipinski definition) is 1. The molecule has 2 atom stereocenters. The van der Waals surface area contributed by atoms with E-state index in [0.717, 1.165) is 26.0 Å². The summed E-state index contributed by atoms with van der Waals surface area (Å²) in [6.45, 7) is 11.4. The van der Waals surface area contributed by atoms with Gasteiger partial charge in [-0.25, -0.2) is 0 Å². The molecule has 0 aliphatic carbocycles. The first-order chi connectivity index (χ1) is 7.24. The lowest BCUT2D eigenvalue weighted by molar-refractivity contribution is -0.101. The summed E-state index contributed by atoms with van der Waals surface area (Å²) in [5.41, 5.74) is 1.19. The van der Waals surface area contributed by atoms with E-state index in [2.05, 4.69) is 25.7 Å². The molecular weight excluding hydrogens is 190 g/mol. The van der Waals surface area contributed by atoms with Crippen molar-refractivity contribution in [1.82, 2.24) is 5.32 Å². The Hall–Kier alpha value is -0.380. The van der Waals surface area contributed by atoms with Gasteiger partial charge in [0.05, 0.1) is 25.9 Å². The van der Waals surface area contributed by atoms with E-state index in [4.69, 9.17) is 9.47 Å². The summed E-state index contributed by atoms with van der Waals surface area (Å²) >= 11 is 0. The van der Waals surface area contributed by atoms with Gasteiger partial charge in [0.1, 0.15) is 0 Å². The molecule has 0 aromatic heterocycles. The Bertz CT molecular complexity index is 188. The molecular formula is C12H23NO2. The third-order valence-corrected chi connectivity index (χ3v) is 2.52. The molecule has 1 rings (SSSR count). The van der Waals surface area contributed by atoms with Gasteiger partial charge >= 0.3 is 0 Å². The van der Waals surface area contributed by atoms with Gasteiger partial charge in [-0.05, 0) is 26.3 Å². The summed E-state index contributed by atoms with van der Waals surface area (Å²) in [6.07, 6.45) is 2.29. The van der Waals surface area contributed by atoms with Crippen LogP contribution in [0, 0.1) is 0 Å². The van der Waals surface area contributed by atoms with Gasteiger partial charge in [0.25, 0.3) is 0 Å². The lowest BCUT2D eigenvalue weighted by Crippen LogP contribution is -2.47. The first-order valence-electron chi connectivity index (χ1n) is 5.81. The first-order valence-corrected chi connectivity index (χ1v) is 5.81. The fourth-order valence-corrected chi connectivity index (χ4v) is 1.78. The maximum absolute atomic E-state index is 5.71. The van der Waals surface area contributed by atoms with Gasteiger partial charge in [-0.2, -0.15) is 0 Å². The van der Waals surface area contributed by atoms with Crippen molar-refractivity contribution >= 4 is 0 Å². The standard InChI is InChI=1S/C12H23NO2/c1-4-5-13-11(8-10(2)3)12-9-14-6-7-15-12/h11-13H,2,4-9H2,1,3H3. The largest absolute Gasteiger partial charge is 0.376 e. The molecule has 88 valence electrons. The van der Waals surface area contributed by atoms with E-state index < -0.39 is 0 Å². The third kappa shape index (κ3) is 4.78. The molecule has 1 heterocycles. The van der Waals surface area contributed by atoms with Crippen molar-refractivity contribution in [3.8, 4) is 0 Å². The molecule has 3 heteroatoms. The topological polar surface area (TPSA) is 30.5 Å². The van der Waals surface area contributed by atoms with Gasteiger partial charge in [-0.3, -0.25) is 0 Å². The second-order valence-corrected chi connectivity index (χ2v) is 4.21. The van der Waals surface area contributed by atoms with Gasteiger partial charge in [0.15, 0.2) is 0 Å². The normalized spacial score (nSPS) is 23.7. The van der Waals surface area contributed by atoms with Crippen LogP contribution in [0.5, 0.6) is 0 Å². The summed E-state index contributed by atoms with van der Waals surface area (Å²) in [7, 11) is 0. The molecule has 2 unspecified atom stereocenters. The second-order valence-electron chi connectivity index (χ2n) is 4.21. The zero-order valence-electron chi connectivity index (χ0n) is 9.92. The van der Waals surface area contributed by atoms with Crippen molar-refractivity contribution in [2.75, 3.05) is 26.4 Å². The van der Waals surface area contributed by atoms with Crippen LogP contribution in [-0.2, 0) is 9.47 Å². The van der Waals surface area contributed by atoms with Crippen molar-refractivity contribution in [3.63, 3.8) is 0 Å². The molecule has 1 aliphatic rings. The molecule has 0 aromatic rings. The molecule has 1 fully saturated rings. The highest BCUT2D eigenvalue weighted by molar-refractivity contribution is 4.96. The van der Waals surface area contributed by atoms with Crippen molar-refractivity contribution in [2.45, 2.75) is 38.8 Å². The molecule has 0 bridgehead atoms. The van der Waals surface area contributed by atoms with Crippen molar-refractivity contribution < 1.29 is 9.47 Å². The van der Waals surface area contributed by atoms with E-state index >= 15 is 0 Å². The number of nitrogens with one attached hydrogen (secondary N) is 1. The summed E-state index contributed by atoms with van der Waals surface area (Å²) in [4.78, 5) is 0. The zero-order valence-corrected chi connectivity index (χ0v) is 9.92. The van der Waals surface area contributed by atoms with Crippen LogP contribution < -0.4 is 5.32 Å². The predicted molar refractivity (Wildman–Crippen MR) is 62.1 cm³/mol. The summed E-state index contributed by atoms with van der Waals surface area (Å²) in [5, 5.41) is 3.50. The molecule has 1 N–H and O–H groups in total. The van der Waals surface area contributed by atoms with Gasteiger partial charge in [0, 0.05) is 6.04 Å². The second kappa shape index (κ2) is 6.99. The Morgan fingerprint density at radius 3 is 2.87 bits per heavy atom. The van der Waals surface area contributed by atoms with Crippen LogP contribution in [-0.4, -0.2) is 38.5 Å². The Labute approximate surface area is 92.8 Å². The summed E-state index contributed by atoms with van der Waals surface area (Å²) in [6, 6.07) is 0.350. The highest BCUT2D eigenvalue weighted by atomic mass is 16.6. The minimum absolute atomic E-state index is 0.182. The van der Waals surface area contributed by atoms with Crippen molar-refractivity contribution in [2.24, 2.45) is 0 Å². The predicted octanol–water partition coefficient (Wildman–Crippen LogP) is 1.74. The number of hydrogen-bond acceptors (Lipinski definition) is 3. The number of rotatable bonds is 6. The summed E-state index contributed by atoms with van der Waals surface area (Å²) < 4.78 is 11.1. The summed E-state index contributed by atoms with van der Waals surface area (Å²) in [5.74, 6) is 0. The smallest absolute Gasteiger partial charge is 0.0965 e. The van der Waals surface area contributed by atoms with E-state index in [1.54, 1.807) is 0 Å². The average Bonchev–Trinajstić information content (AvgIpc) is 2.25. The number of ether oxygens (including phenoxy) is 2. The van der Waals surface area contributed by atoms with Crippen LogP contribution in [0.4, 0.5) is 0 Å². The first kappa shape index (κ1) is 12.7. The minimum atomic E-state index is 0.182. The quantitative estimate of drug-likeness (QED) is 0.682. The van der Waals surface area contributed by atoms with Crippen LogP contribution in [0.15, 0.2) is 12.2 Å². The van der Waals surface area contributed by atoms with E-state index in [1.807, 2.05) is 0 Å². The van der Waals surface area contributed by atoms with E-state index in [9.17, 15) is 0 Å². The van der Waals surface area contributed by atoms with Gasteiger partial charge in [-0.15, -0.1) is 6.58 Å². The molecule has 0 spiro atoms. The lowest BCUT2D eigenvalue weighted by Gasteiger charge is -2.31. The Balaban J connectivity index is 2.41. The molecule has 3 nitrogen and oxygen atoms in total. The van der Waals surface area contributed by atoms with Crippen LogP contribution in [0.2, 0.25) is 0 Å². The maximum Gasteiger partial charge on any atom is 0.0965 e. The average molecular weight is 213 g/mol. The van der Waals surface area contributed by atoms with Gasteiger partial charge in [-0.1, -0.05) is 12.5 Å². The Morgan fingerprint density at radius 2 is 2.33 bits per heavy atom. The molecule has 0 aromatic carbocycles. The Kier molecular flexibility index (Phi) is 5.91. The van der Waals surface area contributed by atoms with Crippen LogP contribution in [0.3, 0.4) is 0 Å². The van der Waals surface area contributed by atoms with Crippen LogP contribution in [0.1, 0.15) is 26.7 Å². The Morgan fingerprint density at radius 1 is 1.53 bits per heavy atom. The molecule has 1 aliphatic heterocycles. The highest BCUT2D eigenvalue weighted by Crippen LogP contribution is 2.12. The minimum Gasteiger partial charge on any atom is -0.376 e. The highest BCUT2D eigenvalue weighted by Gasteiger charge is 2.24. The van der Waals surface area contributed by atoms with Gasteiger partial charge in [0.2, 0.25) is 0 Å². The molecule has 15 heavy (non-hydrogen) atoms. The van der Waals surface area contributed by atoms with Gasteiger partial charge < -0.3 is 14.8 Å². The maximum atomic E-state index is 5.71. The molecule has 0 radical (unpaired) electrons. The molecule has 0 saturated carbocycles. The molecule has 0 amide bonds. The van der Waals surface area contributed by atoms with Crippen LogP contribution in [0.25, 0.3) is 0 Å². The third-order valence-electron chi connectivity index (χ3n) is 2.52. The molecule has 1 saturated heterocycles. The van der Waals surface area contributed by atoms with Crippen molar-refractivity contribution in [1.29, 1.82) is 0 Å². The monoisotopic (exact) mass is 213 g/mol. The van der Waals surface area contributed by atoms with E-state index in [1.165, 1.54) is 5.57 Å². The zero-order chi connectivity index (χ0) is 11.1. The fourth-order valence-electron chi connectivity index (χ4n) is 1.78.